The van der Waals surface area contributed by atoms with Crippen molar-refractivity contribution in [3.05, 3.63) is 24.3 Å². The quantitative estimate of drug-likeness (QED) is 0.636. The van der Waals surface area contributed by atoms with Crippen LogP contribution in [0.3, 0.4) is 0 Å². The fourth-order valence-corrected chi connectivity index (χ4v) is 2.87. The summed E-state index contributed by atoms with van der Waals surface area (Å²) in [5.41, 5.74) is 0.581. The summed E-state index contributed by atoms with van der Waals surface area (Å²) in [7, 11) is 0.309. The van der Waals surface area contributed by atoms with Crippen LogP contribution in [0.25, 0.3) is 0 Å². The Hall–Kier alpha value is -1.48. The molecule has 1 aromatic carbocycles. The van der Waals surface area contributed by atoms with Gasteiger partial charge in [0, 0.05) is 18.8 Å². The Morgan fingerprint density at radius 1 is 1.22 bits per heavy atom. The Balaban J connectivity index is 2.45. The Kier molecular flexibility index (Phi) is 6.69. The molecule has 0 spiro atoms. The molecule has 0 unspecified atom stereocenters. The molecule has 1 rings (SSSR count). The predicted molar refractivity (Wildman–Crippen MR) is 91.6 cm³/mol. The Morgan fingerprint density at radius 3 is 2.26 bits per heavy atom. The maximum atomic E-state index is 11.9. The van der Waals surface area contributed by atoms with Gasteiger partial charge in [0.25, 0.3) is 0 Å². The van der Waals surface area contributed by atoms with Gasteiger partial charge in [-0.1, -0.05) is 13.8 Å². The molecule has 23 heavy (non-hydrogen) atoms. The van der Waals surface area contributed by atoms with Crippen molar-refractivity contribution >= 4 is 21.6 Å². The van der Waals surface area contributed by atoms with Gasteiger partial charge >= 0.3 is 0 Å². The van der Waals surface area contributed by atoms with Gasteiger partial charge in [0.1, 0.15) is 0 Å². The first-order valence-corrected chi connectivity index (χ1v) is 8.82. The fraction of sp³-hybridized carbons (Fsp3) is 0.533. The van der Waals surface area contributed by atoms with Crippen molar-refractivity contribution < 1.29 is 13.2 Å². The number of carbonyl (C=O) groups is 1. The Labute approximate surface area is 138 Å². The molecule has 0 aliphatic rings. The van der Waals surface area contributed by atoms with Gasteiger partial charge in [0.2, 0.25) is 15.9 Å². The molecule has 0 fully saturated rings. The molecule has 0 saturated heterocycles. The molecule has 0 aromatic heterocycles. The molecule has 8 heteroatoms. The van der Waals surface area contributed by atoms with Gasteiger partial charge < -0.3 is 15.5 Å². The van der Waals surface area contributed by atoms with Crippen LogP contribution in [-0.4, -0.2) is 53.0 Å². The van der Waals surface area contributed by atoms with Crippen molar-refractivity contribution in [2.45, 2.75) is 18.7 Å². The van der Waals surface area contributed by atoms with E-state index < -0.39 is 10.0 Å². The first kappa shape index (κ1) is 19.6. The molecule has 0 radical (unpaired) electrons. The van der Waals surface area contributed by atoms with Crippen molar-refractivity contribution in [3.63, 3.8) is 0 Å². The third-order valence-electron chi connectivity index (χ3n) is 3.10. The van der Waals surface area contributed by atoms with Crippen LogP contribution in [0, 0.1) is 5.41 Å². The number of nitrogens with zero attached hydrogens (tertiary/aromatic N) is 1. The van der Waals surface area contributed by atoms with Gasteiger partial charge in [-0.05, 0) is 43.8 Å². The summed E-state index contributed by atoms with van der Waals surface area (Å²) < 4.78 is 22.3. The van der Waals surface area contributed by atoms with Crippen molar-refractivity contribution in [2.75, 3.05) is 39.0 Å². The van der Waals surface area contributed by atoms with E-state index in [2.05, 4.69) is 29.4 Å². The number of rotatable bonds is 8. The van der Waals surface area contributed by atoms with Gasteiger partial charge in [-0.2, -0.15) is 0 Å². The molecule has 1 amide bonds. The average molecular weight is 342 g/mol. The van der Waals surface area contributed by atoms with E-state index in [1.165, 1.54) is 24.3 Å². The van der Waals surface area contributed by atoms with Crippen LogP contribution in [-0.2, 0) is 14.8 Å². The largest absolute Gasteiger partial charge is 0.325 e. The van der Waals surface area contributed by atoms with E-state index >= 15 is 0 Å². The summed E-state index contributed by atoms with van der Waals surface area (Å²) >= 11 is 0. The third-order valence-corrected chi connectivity index (χ3v) is 4.03. The normalized spacial score (nSPS) is 12.4. The van der Waals surface area contributed by atoms with E-state index in [0.717, 1.165) is 6.54 Å². The predicted octanol–water partition coefficient (Wildman–Crippen LogP) is 0.450. The molecule has 7 nitrogen and oxygen atoms in total. The van der Waals surface area contributed by atoms with Crippen molar-refractivity contribution in [1.29, 1.82) is 0 Å². The second-order valence-corrected chi connectivity index (χ2v) is 8.18. The number of sulfonamides is 1. The maximum absolute atomic E-state index is 11.9. The Bertz CT molecular complexity index is 625. The standard InChI is InChI=1S/C15H26N4O3S/c1-15(2,11-19(3)4)10-17-9-14(20)18-12-5-7-13(8-6-12)23(16,21)22/h5-8,17H,9-11H2,1-4H3,(H,18,20)(H2,16,21,22). The van der Waals surface area contributed by atoms with Crippen LogP contribution < -0.4 is 15.8 Å². The van der Waals surface area contributed by atoms with Gasteiger partial charge in [-0.25, -0.2) is 13.6 Å². The molecular weight excluding hydrogens is 316 g/mol. The number of hydrogen-bond acceptors (Lipinski definition) is 5. The molecule has 0 saturated carbocycles. The van der Waals surface area contributed by atoms with Gasteiger partial charge in [0.15, 0.2) is 0 Å². The maximum Gasteiger partial charge on any atom is 0.238 e. The monoisotopic (exact) mass is 342 g/mol. The number of hydrogen-bond donors (Lipinski definition) is 3. The minimum atomic E-state index is -3.72. The highest BCUT2D eigenvalue weighted by atomic mass is 32.2. The Morgan fingerprint density at radius 2 is 1.78 bits per heavy atom. The lowest BCUT2D eigenvalue weighted by Crippen LogP contribution is -2.40. The van der Waals surface area contributed by atoms with Gasteiger partial charge in [-0.15, -0.1) is 0 Å². The summed E-state index contributed by atoms with van der Waals surface area (Å²) in [5, 5.41) is 10.9. The summed E-state index contributed by atoms with van der Waals surface area (Å²) in [5.74, 6) is -0.186. The van der Waals surface area contributed by atoms with E-state index in [4.69, 9.17) is 5.14 Å². The lowest BCUT2D eigenvalue weighted by molar-refractivity contribution is -0.115. The van der Waals surface area contributed by atoms with Crippen LogP contribution in [0.4, 0.5) is 5.69 Å². The van der Waals surface area contributed by atoms with Crippen LogP contribution in [0.2, 0.25) is 0 Å². The van der Waals surface area contributed by atoms with E-state index in [9.17, 15) is 13.2 Å². The third kappa shape index (κ3) is 7.56. The van der Waals surface area contributed by atoms with Crippen LogP contribution in [0.5, 0.6) is 0 Å². The molecule has 0 heterocycles. The highest BCUT2D eigenvalue weighted by Crippen LogP contribution is 2.14. The van der Waals surface area contributed by atoms with Crippen molar-refractivity contribution in [1.82, 2.24) is 10.2 Å². The van der Waals surface area contributed by atoms with Crippen molar-refractivity contribution in [2.24, 2.45) is 10.6 Å². The average Bonchev–Trinajstić information content (AvgIpc) is 2.36. The van der Waals surface area contributed by atoms with Gasteiger partial charge in [-0.3, -0.25) is 4.79 Å². The zero-order chi connectivity index (χ0) is 17.7. The van der Waals surface area contributed by atoms with Crippen LogP contribution >= 0.6 is 0 Å². The lowest BCUT2D eigenvalue weighted by Gasteiger charge is -2.28. The molecule has 1 aromatic rings. The summed E-state index contributed by atoms with van der Waals surface area (Å²) in [6.07, 6.45) is 0. The first-order chi connectivity index (χ1) is 10.5. The highest BCUT2D eigenvalue weighted by molar-refractivity contribution is 7.89. The zero-order valence-electron chi connectivity index (χ0n) is 14.1. The minimum Gasteiger partial charge on any atom is -0.325 e. The molecule has 0 atom stereocenters. The molecule has 0 aliphatic heterocycles. The number of anilines is 1. The molecule has 0 bridgehead atoms. The summed E-state index contributed by atoms with van der Waals surface area (Å²) in [4.78, 5) is 14.0. The van der Waals surface area contributed by atoms with E-state index in [1.807, 2.05) is 14.1 Å². The number of amides is 1. The number of carbonyl (C=O) groups excluding carboxylic acids is 1. The molecule has 4 N–H and O–H groups in total. The number of primary sulfonamides is 1. The lowest BCUT2D eigenvalue weighted by atomic mass is 9.93. The second-order valence-electron chi connectivity index (χ2n) is 6.62. The van der Waals surface area contributed by atoms with E-state index in [0.29, 0.717) is 12.2 Å². The molecular formula is C15H26N4O3S. The summed E-state index contributed by atoms with van der Waals surface area (Å²) in [6.45, 7) is 6.07. The van der Waals surface area contributed by atoms with Crippen molar-refractivity contribution in [3.8, 4) is 0 Å². The highest BCUT2D eigenvalue weighted by Gasteiger charge is 2.18. The van der Waals surface area contributed by atoms with Crippen LogP contribution in [0.1, 0.15) is 13.8 Å². The SMILES string of the molecule is CN(C)CC(C)(C)CNCC(=O)Nc1ccc(S(N)(=O)=O)cc1. The topological polar surface area (TPSA) is 105 Å². The molecule has 0 aliphatic carbocycles. The van der Waals surface area contributed by atoms with E-state index in [1.54, 1.807) is 0 Å². The summed E-state index contributed by atoms with van der Waals surface area (Å²) in [6, 6.07) is 5.73. The number of nitrogens with one attached hydrogen (secondary N) is 2. The minimum absolute atomic E-state index is 0.0130. The second kappa shape index (κ2) is 7.87. The number of nitrogens with two attached hydrogens (primary N) is 1. The van der Waals surface area contributed by atoms with Gasteiger partial charge in [0.05, 0.1) is 11.4 Å². The van der Waals surface area contributed by atoms with E-state index in [-0.39, 0.29) is 22.8 Å². The van der Waals surface area contributed by atoms with Crippen LogP contribution in [0.15, 0.2) is 29.2 Å². The zero-order valence-corrected chi connectivity index (χ0v) is 14.9. The fourth-order valence-electron chi connectivity index (χ4n) is 2.36. The first-order valence-electron chi connectivity index (χ1n) is 7.28. The number of benzene rings is 1. The molecule has 130 valence electrons. The smallest absolute Gasteiger partial charge is 0.238 e.